The summed E-state index contributed by atoms with van der Waals surface area (Å²) in [5.74, 6) is 0.312. The normalized spacial score (nSPS) is 22.4. The van der Waals surface area contributed by atoms with Gasteiger partial charge in [-0.2, -0.15) is 10.5 Å². The largest absolute Gasteiger partial charge is 0.367 e. The first-order valence-corrected chi connectivity index (χ1v) is 9.38. The zero-order valence-electron chi connectivity index (χ0n) is 14.9. The lowest BCUT2D eigenvalue weighted by atomic mass is 9.74. The van der Waals surface area contributed by atoms with Crippen molar-refractivity contribution >= 4 is 5.70 Å². The van der Waals surface area contributed by atoms with E-state index in [1.165, 1.54) is 30.5 Å². The van der Waals surface area contributed by atoms with Crippen LogP contribution in [0.2, 0.25) is 0 Å². The van der Waals surface area contributed by atoms with Crippen LogP contribution in [0.3, 0.4) is 0 Å². The quantitative estimate of drug-likeness (QED) is 0.726. The first-order chi connectivity index (χ1) is 12.3. The van der Waals surface area contributed by atoms with Crippen molar-refractivity contribution in [1.29, 1.82) is 10.5 Å². The third-order valence-corrected chi connectivity index (χ3v) is 5.47. The van der Waals surface area contributed by atoms with Gasteiger partial charge in [-0.15, -0.1) is 0 Å². The molecule has 1 aliphatic carbocycles. The molecule has 2 atom stereocenters. The number of rotatable bonds is 4. The summed E-state index contributed by atoms with van der Waals surface area (Å²) in [5, 5.41) is 18.9. The molecule has 0 amide bonds. The summed E-state index contributed by atoms with van der Waals surface area (Å²) in [4.78, 5) is 2.55. The first-order valence-electron chi connectivity index (χ1n) is 9.38. The molecule has 1 saturated carbocycles. The average molecular weight is 331 g/mol. The number of nitriles is 2. The van der Waals surface area contributed by atoms with E-state index in [1.54, 1.807) is 0 Å². The van der Waals surface area contributed by atoms with Gasteiger partial charge in [0.05, 0.1) is 0 Å². The summed E-state index contributed by atoms with van der Waals surface area (Å²) >= 11 is 0. The molecule has 3 heteroatoms. The van der Waals surface area contributed by atoms with Gasteiger partial charge >= 0.3 is 0 Å². The third-order valence-electron chi connectivity index (χ3n) is 5.47. The number of unbranched alkanes of at least 4 members (excludes halogenated alkanes) is 1. The Morgan fingerprint density at radius 2 is 1.84 bits per heavy atom. The van der Waals surface area contributed by atoms with E-state index >= 15 is 0 Å². The van der Waals surface area contributed by atoms with E-state index in [0.717, 1.165) is 31.4 Å². The number of allylic oxidation sites excluding steroid dienone is 2. The Hall–Kier alpha value is -2.52. The molecule has 1 fully saturated rings. The summed E-state index contributed by atoms with van der Waals surface area (Å²) in [6.45, 7) is 3.27. The zero-order chi connectivity index (χ0) is 17.6. The van der Waals surface area contributed by atoms with Crippen LogP contribution in [0, 0.1) is 28.6 Å². The lowest BCUT2D eigenvalue weighted by molar-refractivity contribution is 0.172. The number of hydrogen-bond acceptors (Lipinski definition) is 3. The number of nitrogens with zero attached hydrogens (tertiary/aromatic N) is 3. The van der Waals surface area contributed by atoms with Crippen molar-refractivity contribution in [2.45, 2.75) is 51.5 Å². The van der Waals surface area contributed by atoms with Crippen LogP contribution < -0.4 is 0 Å². The molecule has 0 N–H and O–H groups in total. The highest BCUT2D eigenvalue weighted by atomic mass is 15.2. The second-order valence-corrected chi connectivity index (χ2v) is 6.95. The molecule has 3 rings (SSSR count). The number of benzene rings is 1. The molecule has 1 heterocycles. The van der Waals surface area contributed by atoms with Crippen LogP contribution in [0.1, 0.15) is 51.0 Å². The molecular formula is C22H25N3. The first kappa shape index (κ1) is 17.3. The summed E-state index contributed by atoms with van der Waals surface area (Å²) in [7, 11) is 0. The lowest BCUT2D eigenvalue weighted by Crippen LogP contribution is -2.45. The topological polar surface area (TPSA) is 50.8 Å². The van der Waals surface area contributed by atoms with Crippen LogP contribution in [-0.2, 0) is 0 Å². The van der Waals surface area contributed by atoms with E-state index in [9.17, 15) is 10.5 Å². The molecule has 25 heavy (non-hydrogen) atoms. The third kappa shape index (κ3) is 3.47. The van der Waals surface area contributed by atoms with Crippen LogP contribution >= 0.6 is 0 Å². The van der Waals surface area contributed by atoms with Gasteiger partial charge in [0.1, 0.15) is 17.7 Å². The molecule has 1 aliphatic heterocycles. The lowest BCUT2D eigenvalue weighted by Gasteiger charge is -2.46. The van der Waals surface area contributed by atoms with Gasteiger partial charge in [0.2, 0.25) is 0 Å². The van der Waals surface area contributed by atoms with E-state index in [2.05, 4.69) is 54.3 Å². The van der Waals surface area contributed by atoms with Crippen LogP contribution in [-0.4, -0.2) is 17.5 Å². The molecule has 128 valence electrons. The summed E-state index contributed by atoms with van der Waals surface area (Å²) < 4.78 is 0. The Morgan fingerprint density at radius 3 is 2.52 bits per heavy atom. The fraction of sp³-hybridized carbons (Fsp3) is 0.455. The minimum absolute atomic E-state index is 0.292. The van der Waals surface area contributed by atoms with Gasteiger partial charge in [0.25, 0.3) is 0 Å². The second kappa shape index (κ2) is 8.04. The number of hydrogen-bond donors (Lipinski definition) is 0. The maximum atomic E-state index is 9.46. The Labute approximate surface area is 150 Å². The van der Waals surface area contributed by atoms with E-state index in [1.807, 2.05) is 6.07 Å². The van der Waals surface area contributed by atoms with Gasteiger partial charge in [-0.3, -0.25) is 0 Å². The molecule has 1 aromatic carbocycles. The van der Waals surface area contributed by atoms with E-state index in [0.29, 0.717) is 17.5 Å². The maximum absolute atomic E-state index is 9.46. The fourth-order valence-electron chi connectivity index (χ4n) is 4.25. The highest BCUT2D eigenvalue weighted by molar-refractivity contribution is 5.70. The molecule has 2 aliphatic rings. The molecule has 0 bridgehead atoms. The van der Waals surface area contributed by atoms with E-state index in [-0.39, 0.29) is 0 Å². The monoisotopic (exact) mass is 331 g/mol. The smallest absolute Gasteiger partial charge is 0.133 e. The molecular weight excluding hydrogens is 306 g/mol. The highest BCUT2D eigenvalue weighted by Gasteiger charge is 2.38. The molecule has 2 unspecified atom stereocenters. The van der Waals surface area contributed by atoms with Crippen LogP contribution in [0.4, 0.5) is 0 Å². The molecule has 0 saturated heterocycles. The van der Waals surface area contributed by atoms with Crippen molar-refractivity contribution in [2.24, 2.45) is 5.92 Å². The summed E-state index contributed by atoms with van der Waals surface area (Å²) in [6.07, 6.45) is 9.09. The summed E-state index contributed by atoms with van der Waals surface area (Å²) in [6, 6.07) is 15.1. The fourth-order valence-corrected chi connectivity index (χ4v) is 4.25. The van der Waals surface area contributed by atoms with Gasteiger partial charge in [-0.05, 0) is 36.5 Å². The van der Waals surface area contributed by atoms with Crippen molar-refractivity contribution in [1.82, 2.24) is 4.90 Å². The van der Waals surface area contributed by atoms with Gasteiger partial charge in [0, 0.05) is 24.2 Å². The highest BCUT2D eigenvalue weighted by Crippen LogP contribution is 2.43. The average Bonchev–Trinajstić information content (AvgIpc) is 2.68. The summed E-state index contributed by atoms with van der Waals surface area (Å²) in [5.41, 5.74) is 3.60. The van der Waals surface area contributed by atoms with Crippen LogP contribution in [0.5, 0.6) is 0 Å². The predicted molar refractivity (Wildman–Crippen MR) is 100 cm³/mol. The Kier molecular flexibility index (Phi) is 5.56. The van der Waals surface area contributed by atoms with Crippen LogP contribution in [0.15, 0.2) is 47.6 Å². The zero-order valence-corrected chi connectivity index (χ0v) is 14.9. The molecule has 1 aromatic rings. The van der Waals surface area contributed by atoms with Crippen LogP contribution in [0.25, 0.3) is 5.70 Å². The minimum atomic E-state index is 0.292. The van der Waals surface area contributed by atoms with Crippen molar-refractivity contribution < 1.29 is 0 Å². The maximum Gasteiger partial charge on any atom is 0.133 e. The second-order valence-electron chi connectivity index (χ2n) is 6.95. The Balaban J connectivity index is 2.14. The predicted octanol–water partition coefficient (Wildman–Crippen LogP) is 5.05. The standard InChI is InChI=1S/C22H25N3/c1-2-3-13-25-21-12-8-7-11-19(21)20(18(15-23)16-24)14-22(25)17-9-5-4-6-10-17/h4-6,9-10,14,19,21H,2-3,7-8,11-13H2,1H3. The molecule has 3 nitrogen and oxygen atoms in total. The van der Waals surface area contributed by atoms with Crippen molar-refractivity contribution in [3.05, 3.63) is 53.1 Å². The Morgan fingerprint density at radius 1 is 1.12 bits per heavy atom. The van der Waals surface area contributed by atoms with Gasteiger partial charge in [-0.25, -0.2) is 0 Å². The van der Waals surface area contributed by atoms with Crippen molar-refractivity contribution in [2.75, 3.05) is 6.54 Å². The molecule has 0 aromatic heterocycles. The number of fused-ring (bicyclic) bond motifs is 1. The Bertz CT molecular complexity index is 730. The SMILES string of the molecule is CCCCN1C(c2ccccc2)=CC(=C(C#N)C#N)C2CCCCC21. The van der Waals surface area contributed by atoms with Gasteiger partial charge in [0.15, 0.2) is 0 Å². The van der Waals surface area contributed by atoms with Crippen molar-refractivity contribution in [3.63, 3.8) is 0 Å². The molecule has 0 spiro atoms. The van der Waals surface area contributed by atoms with Gasteiger partial charge in [-0.1, -0.05) is 56.5 Å². The molecule has 0 radical (unpaired) electrons. The van der Waals surface area contributed by atoms with E-state index < -0.39 is 0 Å². The van der Waals surface area contributed by atoms with Gasteiger partial charge < -0.3 is 4.90 Å². The van der Waals surface area contributed by atoms with Crippen molar-refractivity contribution in [3.8, 4) is 12.1 Å². The van der Waals surface area contributed by atoms with E-state index in [4.69, 9.17) is 0 Å². The minimum Gasteiger partial charge on any atom is -0.367 e.